The zero-order valence-corrected chi connectivity index (χ0v) is 19.1. The molecule has 4 rings (SSSR count). The van der Waals surface area contributed by atoms with Crippen molar-refractivity contribution in [2.75, 3.05) is 0 Å². The largest absolute Gasteiger partial charge is 0.272 e. The van der Waals surface area contributed by atoms with Crippen LogP contribution in [0.1, 0.15) is 47.5 Å². The topological polar surface area (TPSA) is 54.4 Å². The van der Waals surface area contributed by atoms with Gasteiger partial charge < -0.3 is 0 Å². The SMILES string of the molecule is C/C(=N\NC(=O)c1cc(-c2ccc(C(C)C)cc2)nc2ccccc12)c1ccc(Cl)s1. The van der Waals surface area contributed by atoms with Gasteiger partial charge >= 0.3 is 0 Å². The number of pyridine rings is 1. The third-order valence-electron chi connectivity index (χ3n) is 5.09. The fraction of sp³-hybridized carbons (Fsp3) is 0.160. The molecule has 0 spiro atoms. The summed E-state index contributed by atoms with van der Waals surface area (Å²) in [6, 6.07) is 21.5. The van der Waals surface area contributed by atoms with Crippen LogP contribution < -0.4 is 5.43 Å². The first kappa shape index (κ1) is 21.2. The van der Waals surface area contributed by atoms with Crippen LogP contribution >= 0.6 is 22.9 Å². The lowest BCUT2D eigenvalue weighted by molar-refractivity contribution is 0.0956. The minimum Gasteiger partial charge on any atom is -0.267 e. The van der Waals surface area contributed by atoms with Crippen LogP contribution in [0.25, 0.3) is 22.2 Å². The molecule has 2 heterocycles. The van der Waals surface area contributed by atoms with Crippen LogP contribution in [-0.2, 0) is 0 Å². The summed E-state index contributed by atoms with van der Waals surface area (Å²) in [5.74, 6) is 0.180. The average molecular weight is 448 g/mol. The van der Waals surface area contributed by atoms with E-state index >= 15 is 0 Å². The molecule has 0 aliphatic heterocycles. The highest BCUT2D eigenvalue weighted by Crippen LogP contribution is 2.27. The summed E-state index contributed by atoms with van der Waals surface area (Å²) in [4.78, 5) is 18.8. The quantitative estimate of drug-likeness (QED) is 0.267. The monoisotopic (exact) mass is 447 g/mol. The number of carbonyl (C=O) groups is 1. The number of para-hydroxylation sites is 1. The molecular weight excluding hydrogens is 426 g/mol. The number of amides is 1. The molecular formula is C25H22ClN3OS. The van der Waals surface area contributed by atoms with E-state index in [-0.39, 0.29) is 5.91 Å². The van der Waals surface area contributed by atoms with Crippen molar-refractivity contribution < 1.29 is 4.79 Å². The van der Waals surface area contributed by atoms with Gasteiger partial charge in [-0.3, -0.25) is 4.79 Å². The smallest absolute Gasteiger partial charge is 0.267 e. The molecule has 6 heteroatoms. The van der Waals surface area contributed by atoms with Gasteiger partial charge in [-0.1, -0.05) is 67.9 Å². The number of nitrogens with zero attached hydrogens (tertiary/aromatic N) is 2. The standard InChI is InChI=1S/C25H22ClN3OS/c1-15(2)17-8-10-18(11-9-17)22-14-20(19-6-4-5-7-21(19)27-22)25(30)29-28-16(3)23-12-13-24(26)31-23/h4-15H,1-3H3,(H,29,30)/b28-16+. The molecule has 0 saturated carbocycles. The van der Waals surface area contributed by atoms with Crippen LogP contribution in [0.3, 0.4) is 0 Å². The van der Waals surface area contributed by atoms with E-state index in [1.54, 1.807) is 0 Å². The van der Waals surface area contributed by atoms with Gasteiger partial charge in [0.2, 0.25) is 0 Å². The van der Waals surface area contributed by atoms with Crippen molar-refractivity contribution in [3.05, 3.63) is 87.1 Å². The van der Waals surface area contributed by atoms with Crippen LogP contribution in [0, 0.1) is 0 Å². The predicted octanol–water partition coefficient (Wildman–Crippen LogP) is 6.89. The molecule has 0 atom stereocenters. The molecule has 1 N–H and O–H groups in total. The Labute approximate surface area is 190 Å². The van der Waals surface area contributed by atoms with E-state index in [0.29, 0.717) is 21.5 Å². The minimum atomic E-state index is -0.277. The Hall–Kier alpha value is -3.02. The van der Waals surface area contributed by atoms with Crippen molar-refractivity contribution >= 4 is 45.5 Å². The lowest BCUT2D eigenvalue weighted by atomic mass is 9.99. The fourth-order valence-corrected chi connectivity index (χ4v) is 4.30. The molecule has 2 aromatic carbocycles. The highest BCUT2D eigenvalue weighted by Gasteiger charge is 2.14. The third kappa shape index (κ3) is 4.68. The van der Waals surface area contributed by atoms with Crippen molar-refractivity contribution in [1.82, 2.24) is 10.4 Å². The van der Waals surface area contributed by atoms with E-state index in [0.717, 1.165) is 27.0 Å². The number of fused-ring (bicyclic) bond motifs is 1. The summed E-state index contributed by atoms with van der Waals surface area (Å²) in [7, 11) is 0. The van der Waals surface area contributed by atoms with Crippen molar-refractivity contribution in [1.29, 1.82) is 0 Å². The van der Waals surface area contributed by atoms with Crippen molar-refractivity contribution in [2.24, 2.45) is 5.10 Å². The van der Waals surface area contributed by atoms with Gasteiger partial charge in [-0.15, -0.1) is 11.3 Å². The van der Waals surface area contributed by atoms with Crippen molar-refractivity contribution in [3.8, 4) is 11.3 Å². The molecule has 0 bridgehead atoms. The van der Waals surface area contributed by atoms with E-state index < -0.39 is 0 Å². The first-order valence-electron chi connectivity index (χ1n) is 10.0. The fourth-order valence-electron chi connectivity index (χ4n) is 3.31. The molecule has 0 unspecified atom stereocenters. The lowest BCUT2D eigenvalue weighted by Gasteiger charge is -2.10. The number of benzene rings is 2. The van der Waals surface area contributed by atoms with Gasteiger partial charge in [-0.2, -0.15) is 5.10 Å². The molecule has 4 aromatic rings. The second kappa shape index (κ2) is 9.00. The predicted molar refractivity (Wildman–Crippen MR) is 130 cm³/mol. The summed E-state index contributed by atoms with van der Waals surface area (Å²) in [5.41, 5.74) is 7.68. The number of thiophene rings is 1. The first-order chi connectivity index (χ1) is 14.9. The summed E-state index contributed by atoms with van der Waals surface area (Å²) in [6.45, 7) is 6.17. The maximum Gasteiger partial charge on any atom is 0.272 e. The number of hydrogen-bond donors (Lipinski definition) is 1. The summed E-state index contributed by atoms with van der Waals surface area (Å²) < 4.78 is 0.684. The number of aromatic nitrogens is 1. The molecule has 4 nitrogen and oxygen atoms in total. The van der Waals surface area contributed by atoms with Gasteiger partial charge in [0.25, 0.3) is 5.91 Å². The molecule has 0 aliphatic rings. The van der Waals surface area contributed by atoms with E-state index in [1.807, 2.05) is 49.4 Å². The van der Waals surface area contributed by atoms with E-state index in [1.165, 1.54) is 16.9 Å². The Morgan fingerprint density at radius 1 is 1.06 bits per heavy atom. The van der Waals surface area contributed by atoms with Gasteiger partial charge in [0.15, 0.2) is 0 Å². The number of hydrazone groups is 1. The maximum atomic E-state index is 13.1. The number of nitrogens with one attached hydrogen (secondary N) is 1. The lowest BCUT2D eigenvalue weighted by Crippen LogP contribution is -2.19. The third-order valence-corrected chi connectivity index (χ3v) is 6.43. The molecule has 0 aliphatic carbocycles. The number of halogens is 1. The first-order valence-corrected chi connectivity index (χ1v) is 11.2. The Bertz CT molecular complexity index is 1280. The highest BCUT2D eigenvalue weighted by atomic mass is 35.5. The number of carbonyl (C=O) groups excluding carboxylic acids is 1. The zero-order chi connectivity index (χ0) is 22.0. The summed E-state index contributed by atoms with van der Waals surface area (Å²) in [6.07, 6.45) is 0. The number of rotatable bonds is 5. The number of hydrogen-bond acceptors (Lipinski definition) is 4. The molecule has 156 valence electrons. The molecule has 1 amide bonds. The zero-order valence-electron chi connectivity index (χ0n) is 17.5. The average Bonchev–Trinajstić information content (AvgIpc) is 3.23. The van der Waals surface area contributed by atoms with Crippen molar-refractivity contribution in [3.63, 3.8) is 0 Å². The van der Waals surface area contributed by atoms with Gasteiger partial charge in [0.05, 0.1) is 31.7 Å². The maximum absolute atomic E-state index is 13.1. The Kier molecular flexibility index (Phi) is 6.16. The van der Waals surface area contributed by atoms with Gasteiger partial charge in [0, 0.05) is 10.9 Å². The van der Waals surface area contributed by atoms with Crippen LogP contribution in [-0.4, -0.2) is 16.6 Å². The Morgan fingerprint density at radius 2 is 1.81 bits per heavy atom. The normalized spacial score (nSPS) is 11.8. The van der Waals surface area contributed by atoms with Crippen LogP contribution in [0.2, 0.25) is 4.34 Å². The summed E-state index contributed by atoms with van der Waals surface area (Å²) in [5, 5.41) is 5.06. The molecule has 31 heavy (non-hydrogen) atoms. The molecule has 0 radical (unpaired) electrons. The minimum absolute atomic E-state index is 0.277. The van der Waals surface area contributed by atoms with E-state index in [2.05, 4.69) is 48.6 Å². The Balaban J connectivity index is 1.70. The highest BCUT2D eigenvalue weighted by molar-refractivity contribution is 7.18. The van der Waals surface area contributed by atoms with Gasteiger partial charge in [-0.25, -0.2) is 10.4 Å². The van der Waals surface area contributed by atoms with Crippen molar-refractivity contribution in [2.45, 2.75) is 26.7 Å². The second-order valence-corrected chi connectivity index (χ2v) is 9.31. The molecule has 2 aromatic heterocycles. The van der Waals surface area contributed by atoms with Gasteiger partial charge in [0.1, 0.15) is 0 Å². The van der Waals surface area contributed by atoms with Crippen LogP contribution in [0.4, 0.5) is 0 Å². The summed E-state index contributed by atoms with van der Waals surface area (Å²) >= 11 is 7.42. The van der Waals surface area contributed by atoms with E-state index in [9.17, 15) is 4.79 Å². The molecule has 0 fully saturated rings. The molecule has 0 saturated heterocycles. The van der Waals surface area contributed by atoms with Crippen LogP contribution in [0.5, 0.6) is 0 Å². The van der Waals surface area contributed by atoms with Gasteiger partial charge in [-0.05, 0) is 42.7 Å². The second-order valence-electron chi connectivity index (χ2n) is 7.59. The Morgan fingerprint density at radius 3 is 2.48 bits per heavy atom. The van der Waals surface area contributed by atoms with Crippen LogP contribution in [0.15, 0.2) is 71.8 Å². The van der Waals surface area contributed by atoms with E-state index in [4.69, 9.17) is 16.6 Å².